The van der Waals surface area contributed by atoms with Gasteiger partial charge in [0.1, 0.15) is 18.1 Å². The number of benzene rings is 2. The van der Waals surface area contributed by atoms with Crippen molar-refractivity contribution in [3.8, 4) is 0 Å². The fourth-order valence-corrected chi connectivity index (χ4v) is 3.58. The molecule has 0 saturated carbocycles. The minimum atomic E-state index is -0.951. The first-order chi connectivity index (χ1) is 16.5. The Morgan fingerprint density at radius 1 is 0.657 bits per heavy atom. The zero-order chi connectivity index (χ0) is 25.9. The van der Waals surface area contributed by atoms with Crippen molar-refractivity contribution >= 4 is 40.9 Å². The molecule has 0 saturated heterocycles. The Morgan fingerprint density at radius 3 is 1.80 bits per heavy atom. The highest BCUT2D eigenvalue weighted by molar-refractivity contribution is 6.09. The molecule has 5 amide bonds. The number of amides is 5. The second-order valence-corrected chi connectivity index (χ2v) is 8.48. The van der Waals surface area contributed by atoms with Crippen LogP contribution in [0.4, 0.5) is 11.4 Å². The molecule has 1 heterocycles. The summed E-state index contributed by atoms with van der Waals surface area (Å²) < 4.78 is 0. The van der Waals surface area contributed by atoms with Crippen molar-refractivity contribution < 1.29 is 24.0 Å². The number of fused-ring (bicyclic) bond motifs is 2. The predicted molar refractivity (Wildman–Crippen MR) is 131 cm³/mol. The molecule has 35 heavy (non-hydrogen) atoms. The van der Waals surface area contributed by atoms with Crippen LogP contribution in [0.1, 0.15) is 41.5 Å². The molecule has 1 aliphatic heterocycles. The number of rotatable bonds is 0. The van der Waals surface area contributed by atoms with Crippen LogP contribution >= 0.6 is 0 Å². The number of anilines is 2. The third-order valence-corrected chi connectivity index (χ3v) is 6.15. The Balaban J connectivity index is 2.06. The van der Waals surface area contributed by atoms with E-state index in [-0.39, 0.29) is 22.5 Å². The normalized spacial score (nSPS) is 22.4. The van der Waals surface area contributed by atoms with Crippen LogP contribution in [-0.4, -0.2) is 71.6 Å². The van der Waals surface area contributed by atoms with E-state index in [2.05, 4.69) is 16.0 Å². The molecular weight excluding hydrogens is 450 g/mol. The first-order valence-corrected chi connectivity index (χ1v) is 11.2. The van der Waals surface area contributed by atoms with Gasteiger partial charge in [-0.3, -0.25) is 24.0 Å². The van der Waals surface area contributed by atoms with E-state index in [1.807, 2.05) is 0 Å². The molecular formula is C25H29N5O5. The van der Waals surface area contributed by atoms with Crippen LogP contribution in [0.5, 0.6) is 0 Å². The van der Waals surface area contributed by atoms with Crippen molar-refractivity contribution in [3.05, 3.63) is 59.7 Å². The van der Waals surface area contributed by atoms with Crippen molar-refractivity contribution in [2.75, 3.05) is 24.7 Å². The summed E-state index contributed by atoms with van der Waals surface area (Å²) in [5.74, 6) is -2.55. The molecule has 0 spiro atoms. The molecule has 10 heteroatoms. The van der Waals surface area contributed by atoms with Gasteiger partial charge in [0.2, 0.25) is 17.7 Å². The lowest BCUT2D eigenvalue weighted by molar-refractivity contribution is -0.139. The van der Waals surface area contributed by atoms with Crippen LogP contribution in [0.25, 0.3) is 0 Å². The van der Waals surface area contributed by atoms with Gasteiger partial charge >= 0.3 is 0 Å². The largest absolute Gasteiger partial charge is 0.340 e. The van der Waals surface area contributed by atoms with E-state index >= 15 is 0 Å². The SMILES string of the molecule is C[C@@H]1NC(=O)c2ccccc2NC(=O)[C@H](C)N(C)C(=O)[C@H](C)N(C)C(=O)c2ccccc2NC1=O. The van der Waals surface area contributed by atoms with Gasteiger partial charge in [0.15, 0.2) is 0 Å². The average Bonchev–Trinajstić information content (AvgIpc) is 2.85. The van der Waals surface area contributed by atoms with Crippen LogP contribution in [0.2, 0.25) is 0 Å². The Morgan fingerprint density at radius 2 is 1.17 bits per heavy atom. The molecule has 184 valence electrons. The van der Waals surface area contributed by atoms with Crippen molar-refractivity contribution in [2.24, 2.45) is 0 Å². The molecule has 3 N–H and O–H groups in total. The smallest absolute Gasteiger partial charge is 0.256 e. The predicted octanol–water partition coefficient (Wildman–Crippen LogP) is 1.70. The van der Waals surface area contributed by atoms with E-state index in [1.54, 1.807) is 56.3 Å². The Labute approximate surface area is 203 Å². The maximum absolute atomic E-state index is 13.2. The summed E-state index contributed by atoms with van der Waals surface area (Å²) >= 11 is 0. The standard InChI is InChI=1S/C25H29N5O5/c1-14-21(31)27-20-13-9-7-11-18(20)25(35)30(5)16(3)24(34)29(4)15(2)22(32)28-19-12-8-6-10-17(19)23(33)26-14/h6-16H,1-5H3,(H,26,33)(H,27,31)(H,28,32)/t14-,15-,16-/m0/s1. The molecule has 2 aromatic carbocycles. The average molecular weight is 480 g/mol. The van der Waals surface area contributed by atoms with Crippen LogP contribution < -0.4 is 16.0 Å². The van der Waals surface area contributed by atoms with E-state index < -0.39 is 47.7 Å². The molecule has 0 aliphatic carbocycles. The van der Waals surface area contributed by atoms with E-state index in [4.69, 9.17) is 0 Å². The number of likely N-dealkylation sites (N-methyl/N-ethyl adjacent to an activating group) is 2. The summed E-state index contributed by atoms with van der Waals surface area (Å²) in [4.78, 5) is 67.6. The summed E-state index contributed by atoms with van der Waals surface area (Å²) in [5.41, 5.74) is 0.836. The van der Waals surface area contributed by atoms with E-state index in [0.29, 0.717) is 0 Å². The summed E-state index contributed by atoms with van der Waals surface area (Å²) in [6.07, 6.45) is 0. The van der Waals surface area contributed by atoms with Gasteiger partial charge in [-0.1, -0.05) is 24.3 Å². The monoisotopic (exact) mass is 479 g/mol. The fourth-order valence-electron chi connectivity index (χ4n) is 3.58. The van der Waals surface area contributed by atoms with Gasteiger partial charge in [-0.25, -0.2) is 0 Å². The van der Waals surface area contributed by atoms with Crippen molar-refractivity contribution in [2.45, 2.75) is 38.9 Å². The number of nitrogens with zero attached hydrogens (tertiary/aromatic N) is 2. The number of carbonyl (C=O) groups excluding carboxylic acids is 5. The number of para-hydroxylation sites is 2. The van der Waals surface area contributed by atoms with Gasteiger partial charge in [-0.2, -0.15) is 0 Å². The number of carbonyl (C=O) groups is 5. The molecule has 3 rings (SSSR count). The van der Waals surface area contributed by atoms with Crippen LogP contribution in [0.15, 0.2) is 48.5 Å². The zero-order valence-electron chi connectivity index (χ0n) is 20.3. The van der Waals surface area contributed by atoms with E-state index in [1.165, 1.54) is 36.9 Å². The summed E-state index contributed by atoms with van der Waals surface area (Å²) in [6, 6.07) is 10.1. The van der Waals surface area contributed by atoms with Crippen LogP contribution in [-0.2, 0) is 14.4 Å². The lowest BCUT2D eigenvalue weighted by Gasteiger charge is -2.31. The number of hydrogen-bond acceptors (Lipinski definition) is 5. The quantitative estimate of drug-likeness (QED) is 0.530. The molecule has 0 fully saturated rings. The zero-order valence-corrected chi connectivity index (χ0v) is 20.3. The van der Waals surface area contributed by atoms with Crippen molar-refractivity contribution in [1.29, 1.82) is 0 Å². The fraction of sp³-hybridized carbons (Fsp3) is 0.320. The number of hydrogen-bond donors (Lipinski definition) is 3. The van der Waals surface area contributed by atoms with Crippen LogP contribution in [0, 0.1) is 0 Å². The second kappa shape index (κ2) is 10.4. The molecule has 3 atom stereocenters. The molecule has 0 aromatic heterocycles. The Bertz CT molecular complexity index is 1180. The highest BCUT2D eigenvalue weighted by atomic mass is 16.2. The van der Waals surface area contributed by atoms with E-state index in [0.717, 1.165) is 0 Å². The Hall–Kier alpha value is -4.21. The summed E-state index contributed by atoms with van der Waals surface area (Å²) in [6.45, 7) is 4.63. The Kier molecular flexibility index (Phi) is 7.53. The van der Waals surface area contributed by atoms with Gasteiger partial charge in [0, 0.05) is 14.1 Å². The minimum absolute atomic E-state index is 0.162. The molecule has 0 bridgehead atoms. The third kappa shape index (κ3) is 5.32. The van der Waals surface area contributed by atoms with Gasteiger partial charge in [0.25, 0.3) is 11.8 Å². The van der Waals surface area contributed by atoms with Crippen LogP contribution in [0.3, 0.4) is 0 Å². The third-order valence-electron chi connectivity index (χ3n) is 6.15. The molecule has 10 nitrogen and oxygen atoms in total. The van der Waals surface area contributed by atoms with Crippen molar-refractivity contribution in [1.82, 2.24) is 15.1 Å². The van der Waals surface area contributed by atoms with Gasteiger partial charge in [-0.15, -0.1) is 0 Å². The number of nitrogens with one attached hydrogen (secondary N) is 3. The maximum atomic E-state index is 13.2. The van der Waals surface area contributed by atoms with Gasteiger partial charge < -0.3 is 25.8 Å². The minimum Gasteiger partial charge on any atom is -0.340 e. The highest BCUT2D eigenvalue weighted by Crippen LogP contribution is 2.20. The second-order valence-electron chi connectivity index (χ2n) is 8.48. The first kappa shape index (κ1) is 25.4. The highest BCUT2D eigenvalue weighted by Gasteiger charge is 2.32. The van der Waals surface area contributed by atoms with Gasteiger partial charge in [-0.05, 0) is 45.0 Å². The molecule has 1 aliphatic rings. The maximum Gasteiger partial charge on any atom is 0.256 e. The summed E-state index contributed by atoms with van der Waals surface area (Å²) in [5, 5.41) is 7.99. The molecule has 0 radical (unpaired) electrons. The van der Waals surface area contributed by atoms with E-state index in [9.17, 15) is 24.0 Å². The summed E-state index contributed by atoms with van der Waals surface area (Å²) in [7, 11) is 2.96. The topological polar surface area (TPSA) is 128 Å². The molecule has 0 unspecified atom stereocenters. The van der Waals surface area contributed by atoms with Crippen molar-refractivity contribution in [3.63, 3.8) is 0 Å². The first-order valence-electron chi connectivity index (χ1n) is 11.2. The lowest BCUT2D eigenvalue weighted by Crippen LogP contribution is -2.51. The molecule has 2 aromatic rings. The van der Waals surface area contributed by atoms with Gasteiger partial charge in [0.05, 0.1) is 22.5 Å². The lowest BCUT2D eigenvalue weighted by atomic mass is 10.1.